The fourth-order valence-electron chi connectivity index (χ4n) is 2.89. The van der Waals surface area contributed by atoms with Crippen LogP contribution in [-0.4, -0.2) is 17.7 Å². The van der Waals surface area contributed by atoms with Gasteiger partial charge in [0, 0.05) is 11.1 Å². The Labute approximate surface area is 182 Å². The molecule has 0 spiro atoms. The van der Waals surface area contributed by atoms with Crippen molar-refractivity contribution in [3.63, 3.8) is 0 Å². The Morgan fingerprint density at radius 1 is 1.10 bits per heavy atom. The van der Waals surface area contributed by atoms with Gasteiger partial charge in [0.05, 0.1) is 11.1 Å². The third-order valence-electron chi connectivity index (χ3n) is 4.38. The van der Waals surface area contributed by atoms with Crippen LogP contribution in [0.15, 0.2) is 71.2 Å². The van der Waals surface area contributed by atoms with Crippen molar-refractivity contribution < 1.29 is 23.8 Å². The molecule has 0 heterocycles. The van der Waals surface area contributed by atoms with Gasteiger partial charge in [-0.3, -0.25) is 0 Å². The number of rotatable bonds is 7. The Hall–Kier alpha value is -2.96. The van der Waals surface area contributed by atoms with Crippen LogP contribution in [0.3, 0.4) is 0 Å². The highest BCUT2D eigenvalue weighted by molar-refractivity contribution is 9.10. The number of halogens is 2. The van der Waals surface area contributed by atoms with E-state index in [4.69, 9.17) is 14.6 Å². The van der Waals surface area contributed by atoms with Crippen molar-refractivity contribution in [1.82, 2.24) is 0 Å². The number of benzene rings is 3. The number of ether oxygens (including phenoxy) is 2. The van der Waals surface area contributed by atoms with E-state index in [9.17, 15) is 4.79 Å². The first-order valence-corrected chi connectivity index (χ1v) is 10.0. The lowest BCUT2D eigenvalue weighted by Crippen LogP contribution is -2.15. The molecule has 0 saturated heterocycles. The highest BCUT2D eigenvalue weighted by atomic mass is 79.9. The van der Waals surface area contributed by atoms with Gasteiger partial charge in [-0.25, -0.2) is 9.18 Å². The predicted octanol–water partition coefficient (Wildman–Crippen LogP) is 5.70. The lowest BCUT2D eigenvalue weighted by atomic mass is 10.0. The highest BCUT2D eigenvalue weighted by Gasteiger charge is 2.27. The third kappa shape index (κ3) is 4.96. The first kappa shape index (κ1) is 21.7. The molecule has 0 amide bonds. The molecule has 0 aromatic heterocycles. The molecule has 6 heteroatoms. The number of hydrogen-bond acceptors (Lipinski definition) is 4. The number of carbonyl (C=O) groups excluding carboxylic acids is 1. The highest BCUT2D eigenvalue weighted by Crippen LogP contribution is 2.39. The SMILES string of the molecule is Cc1c(F)c(/C=C/CO)c(Br)c(OCc2ccccc2)c1C(=O)Oc1ccccc1. The van der Waals surface area contributed by atoms with Gasteiger partial charge in [0.1, 0.15) is 29.5 Å². The van der Waals surface area contributed by atoms with Crippen molar-refractivity contribution in [1.29, 1.82) is 0 Å². The summed E-state index contributed by atoms with van der Waals surface area (Å²) in [6, 6.07) is 18.0. The minimum absolute atomic E-state index is 0.000285. The summed E-state index contributed by atoms with van der Waals surface area (Å²) in [5.74, 6) is -0.800. The molecule has 0 saturated carbocycles. The number of aliphatic hydroxyl groups is 1. The summed E-state index contributed by atoms with van der Waals surface area (Å²) in [6.07, 6.45) is 2.85. The lowest BCUT2D eigenvalue weighted by molar-refractivity contribution is 0.0728. The van der Waals surface area contributed by atoms with Crippen LogP contribution >= 0.6 is 15.9 Å². The molecule has 4 nitrogen and oxygen atoms in total. The van der Waals surface area contributed by atoms with Gasteiger partial charge in [-0.2, -0.15) is 0 Å². The molecule has 3 aromatic carbocycles. The summed E-state index contributed by atoms with van der Waals surface area (Å²) < 4.78 is 26.7. The van der Waals surface area contributed by atoms with E-state index in [2.05, 4.69) is 15.9 Å². The van der Waals surface area contributed by atoms with Crippen LogP contribution in [0.4, 0.5) is 4.39 Å². The van der Waals surface area contributed by atoms with Gasteiger partial charge in [0.25, 0.3) is 0 Å². The second-order valence-corrected chi connectivity index (χ2v) is 7.23. The standard InChI is InChI=1S/C24H20BrFO4/c1-16-20(24(28)30-18-11-6-3-7-12-18)23(29-15-17-9-4-2-5-10-17)21(25)19(22(16)26)13-8-14-27/h2-13,27H,14-15H2,1H3/b13-8+. The van der Waals surface area contributed by atoms with E-state index in [-0.39, 0.29) is 40.1 Å². The minimum atomic E-state index is -0.723. The summed E-state index contributed by atoms with van der Waals surface area (Å²) >= 11 is 3.37. The van der Waals surface area contributed by atoms with Gasteiger partial charge in [0.15, 0.2) is 0 Å². The summed E-state index contributed by atoms with van der Waals surface area (Å²) in [7, 11) is 0. The van der Waals surface area contributed by atoms with E-state index in [0.717, 1.165) is 5.56 Å². The van der Waals surface area contributed by atoms with Crippen LogP contribution in [0.25, 0.3) is 6.08 Å². The third-order valence-corrected chi connectivity index (χ3v) is 5.16. The largest absolute Gasteiger partial charge is 0.487 e. The van der Waals surface area contributed by atoms with E-state index in [1.165, 1.54) is 19.1 Å². The van der Waals surface area contributed by atoms with Gasteiger partial charge < -0.3 is 14.6 Å². The quantitative estimate of drug-likeness (QED) is 0.355. The zero-order valence-electron chi connectivity index (χ0n) is 16.3. The Morgan fingerprint density at radius 2 is 1.73 bits per heavy atom. The summed E-state index contributed by atoms with van der Waals surface area (Å²) in [4.78, 5) is 12.9. The molecule has 0 aliphatic carbocycles. The number of hydrogen-bond donors (Lipinski definition) is 1. The second kappa shape index (κ2) is 10.2. The van der Waals surface area contributed by atoms with Crippen LogP contribution in [0, 0.1) is 12.7 Å². The number of para-hydroxylation sites is 1. The van der Waals surface area contributed by atoms with Crippen LogP contribution in [0.1, 0.15) is 27.0 Å². The lowest BCUT2D eigenvalue weighted by Gasteiger charge is -2.18. The first-order chi connectivity index (χ1) is 14.5. The average molecular weight is 471 g/mol. The normalized spacial score (nSPS) is 10.9. The fourth-order valence-corrected chi connectivity index (χ4v) is 3.50. The first-order valence-electron chi connectivity index (χ1n) is 9.25. The van der Waals surface area contributed by atoms with Crippen molar-refractivity contribution in [2.45, 2.75) is 13.5 Å². The molecule has 0 atom stereocenters. The molecule has 1 N–H and O–H groups in total. The van der Waals surface area contributed by atoms with Crippen molar-refractivity contribution in [3.05, 3.63) is 99.3 Å². The second-order valence-electron chi connectivity index (χ2n) is 6.43. The van der Waals surface area contributed by atoms with Crippen LogP contribution < -0.4 is 9.47 Å². The molecule has 0 aliphatic rings. The zero-order valence-corrected chi connectivity index (χ0v) is 17.9. The van der Waals surface area contributed by atoms with Gasteiger partial charge >= 0.3 is 5.97 Å². The Morgan fingerprint density at radius 3 is 2.37 bits per heavy atom. The average Bonchev–Trinajstić information content (AvgIpc) is 2.76. The molecule has 0 radical (unpaired) electrons. The molecular formula is C24H20BrFO4. The fraction of sp³-hybridized carbons (Fsp3) is 0.125. The van der Waals surface area contributed by atoms with Crippen molar-refractivity contribution in [3.8, 4) is 11.5 Å². The molecule has 0 aliphatic heterocycles. The van der Waals surface area contributed by atoms with E-state index in [1.54, 1.807) is 30.3 Å². The van der Waals surface area contributed by atoms with E-state index in [1.807, 2.05) is 30.3 Å². The maximum Gasteiger partial charge on any atom is 0.347 e. The predicted molar refractivity (Wildman–Crippen MR) is 117 cm³/mol. The smallest absolute Gasteiger partial charge is 0.347 e. The summed E-state index contributed by atoms with van der Waals surface area (Å²) in [6.45, 7) is 1.43. The van der Waals surface area contributed by atoms with Gasteiger partial charge in [0.2, 0.25) is 0 Å². The molecule has 30 heavy (non-hydrogen) atoms. The van der Waals surface area contributed by atoms with E-state index >= 15 is 4.39 Å². The number of aliphatic hydroxyl groups excluding tert-OH is 1. The maximum atomic E-state index is 15.1. The molecule has 3 aromatic rings. The molecule has 154 valence electrons. The Kier molecular flexibility index (Phi) is 7.38. The van der Waals surface area contributed by atoms with Gasteiger partial charge in [-0.05, 0) is 40.5 Å². The van der Waals surface area contributed by atoms with Crippen LogP contribution in [-0.2, 0) is 6.61 Å². The summed E-state index contributed by atoms with van der Waals surface area (Å²) in [5, 5.41) is 9.08. The topological polar surface area (TPSA) is 55.8 Å². The van der Waals surface area contributed by atoms with Gasteiger partial charge in [-0.15, -0.1) is 0 Å². The molecule has 3 rings (SSSR count). The Bertz CT molecular complexity index is 1050. The monoisotopic (exact) mass is 470 g/mol. The molecule has 0 bridgehead atoms. The van der Waals surface area contributed by atoms with Crippen LogP contribution in [0.2, 0.25) is 0 Å². The van der Waals surface area contributed by atoms with Crippen molar-refractivity contribution >= 4 is 28.0 Å². The number of esters is 1. The molecular weight excluding hydrogens is 451 g/mol. The summed E-state index contributed by atoms with van der Waals surface area (Å²) in [5.41, 5.74) is 1.17. The van der Waals surface area contributed by atoms with E-state index in [0.29, 0.717) is 5.75 Å². The Balaban J connectivity index is 2.06. The molecule has 0 fully saturated rings. The van der Waals surface area contributed by atoms with E-state index < -0.39 is 11.8 Å². The van der Waals surface area contributed by atoms with Crippen molar-refractivity contribution in [2.75, 3.05) is 6.61 Å². The zero-order chi connectivity index (χ0) is 21.5. The van der Waals surface area contributed by atoms with Crippen molar-refractivity contribution in [2.24, 2.45) is 0 Å². The number of carbonyl (C=O) groups is 1. The minimum Gasteiger partial charge on any atom is -0.487 e. The molecule has 0 unspecified atom stereocenters. The van der Waals surface area contributed by atoms with Gasteiger partial charge in [-0.1, -0.05) is 60.7 Å². The van der Waals surface area contributed by atoms with Crippen LogP contribution in [0.5, 0.6) is 11.5 Å². The maximum absolute atomic E-state index is 15.1.